The van der Waals surface area contributed by atoms with Crippen molar-refractivity contribution in [3.8, 4) is 0 Å². The molecule has 4 unspecified atom stereocenters. The van der Waals surface area contributed by atoms with Crippen LogP contribution in [-0.4, -0.2) is 45.7 Å². The van der Waals surface area contributed by atoms with E-state index in [1.54, 1.807) is 6.92 Å². The molecule has 0 radical (unpaired) electrons. The molecule has 0 amide bonds. The van der Waals surface area contributed by atoms with Gasteiger partial charge >= 0.3 is 5.97 Å². The molecule has 3 aliphatic rings. The van der Waals surface area contributed by atoms with Crippen molar-refractivity contribution in [2.75, 3.05) is 6.61 Å². The van der Waals surface area contributed by atoms with Crippen molar-refractivity contribution >= 4 is 5.97 Å². The van der Waals surface area contributed by atoms with Crippen molar-refractivity contribution in [2.45, 2.75) is 77.1 Å². The number of carboxylic acids is 1. The second-order valence-corrected chi connectivity index (χ2v) is 9.18. The summed E-state index contributed by atoms with van der Waals surface area (Å²) in [6.45, 7) is 10.2. The molecule has 1 saturated heterocycles. The van der Waals surface area contributed by atoms with Gasteiger partial charge in [-0.2, -0.15) is 0 Å². The van der Waals surface area contributed by atoms with Gasteiger partial charge in [-0.05, 0) is 63.2 Å². The van der Waals surface area contributed by atoms with Gasteiger partial charge in [-0.1, -0.05) is 25.5 Å². The third-order valence-corrected chi connectivity index (χ3v) is 7.74. The van der Waals surface area contributed by atoms with E-state index in [0.29, 0.717) is 6.42 Å². The number of aliphatic hydroxyl groups excluding tert-OH is 1. The lowest BCUT2D eigenvalue weighted by atomic mass is 9.46. The molecular formula is C20H32O5. The van der Waals surface area contributed by atoms with Crippen LogP contribution in [0.2, 0.25) is 0 Å². The molecule has 5 heteroatoms. The van der Waals surface area contributed by atoms with Gasteiger partial charge in [0, 0.05) is 0 Å². The van der Waals surface area contributed by atoms with Crippen LogP contribution in [0.4, 0.5) is 0 Å². The Morgan fingerprint density at radius 2 is 2.00 bits per heavy atom. The molecule has 7 atom stereocenters. The second-order valence-electron chi connectivity index (χ2n) is 9.18. The quantitative estimate of drug-likeness (QED) is 0.680. The molecule has 0 spiro atoms. The van der Waals surface area contributed by atoms with Crippen LogP contribution in [-0.2, 0) is 9.53 Å². The van der Waals surface area contributed by atoms with Crippen LogP contribution in [0.5, 0.6) is 0 Å². The van der Waals surface area contributed by atoms with E-state index in [1.807, 2.05) is 6.92 Å². The fourth-order valence-electron chi connectivity index (χ4n) is 5.92. The zero-order valence-electron chi connectivity index (χ0n) is 15.6. The standard InChI is InChI=1S/C20H32O5/c1-12-6-7-14-18(2,8-5-9-19(14,3)17(22)23)13(12)10-16-20(4,24)15(21)11-25-16/h13-16,21,24H,1,5-11H2,2-4H3,(H,22,23)/t13-,14?,15?,16?,18+,19-,20?/m0/s1. The Kier molecular flexibility index (Phi) is 4.58. The molecular weight excluding hydrogens is 320 g/mol. The largest absolute Gasteiger partial charge is 0.481 e. The van der Waals surface area contributed by atoms with Gasteiger partial charge in [-0.25, -0.2) is 0 Å². The van der Waals surface area contributed by atoms with E-state index in [2.05, 4.69) is 13.5 Å². The predicted octanol–water partition coefficient (Wildman–Crippen LogP) is 2.75. The predicted molar refractivity (Wildman–Crippen MR) is 94.0 cm³/mol. The van der Waals surface area contributed by atoms with E-state index in [9.17, 15) is 20.1 Å². The summed E-state index contributed by atoms with van der Waals surface area (Å²) in [6.07, 6.45) is 3.53. The Morgan fingerprint density at radius 1 is 1.32 bits per heavy atom. The highest BCUT2D eigenvalue weighted by Crippen LogP contribution is 2.62. The minimum Gasteiger partial charge on any atom is -0.481 e. The van der Waals surface area contributed by atoms with Gasteiger partial charge in [0.25, 0.3) is 0 Å². The van der Waals surface area contributed by atoms with Crippen LogP contribution < -0.4 is 0 Å². The lowest BCUT2D eigenvalue weighted by molar-refractivity contribution is -0.165. The zero-order valence-corrected chi connectivity index (χ0v) is 15.6. The number of carboxylic acid groups (broad SMARTS) is 1. The van der Waals surface area contributed by atoms with Crippen molar-refractivity contribution in [1.29, 1.82) is 0 Å². The molecule has 25 heavy (non-hydrogen) atoms. The first-order valence-electron chi connectivity index (χ1n) is 9.46. The van der Waals surface area contributed by atoms with Gasteiger partial charge in [0.2, 0.25) is 0 Å². The zero-order chi connectivity index (χ0) is 18.6. The molecule has 3 N–H and O–H groups in total. The summed E-state index contributed by atoms with van der Waals surface area (Å²) in [4.78, 5) is 12.0. The van der Waals surface area contributed by atoms with E-state index in [4.69, 9.17) is 4.74 Å². The number of ether oxygens (including phenoxy) is 1. The summed E-state index contributed by atoms with van der Waals surface area (Å²) >= 11 is 0. The molecule has 3 rings (SSSR count). The number of allylic oxidation sites excluding steroid dienone is 1. The molecule has 0 aromatic heterocycles. The first-order valence-corrected chi connectivity index (χ1v) is 9.46. The van der Waals surface area contributed by atoms with Crippen LogP contribution in [0, 0.1) is 22.7 Å². The number of carbonyl (C=O) groups is 1. The van der Waals surface area contributed by atoms with Gasteiger partial charge in [0.15, 0.2) is 0 Å². The normalized spacial score (nSPS) is 50.5. The van der Waals surface area contributed by atoms with Crippen LogP contribution >= 0.6 is 0 Å². The molecule has 3 fully saturated rings. The van der Waals surface area contributed by atoms with Crippen molar-refractivity contribution in [3.63, 3.8) is 0 Å². The highest BCUT2D eigenvalue weighted by molar-refractivity contribution is 5.75. The highest BCUT2D eigenvalue weighted by Gasteiger charge is 2.59. The number of hydrogen-bond donors (Lipinski definition) is 3. The number of rotatable bonds is 3. The lowest BCUT2D eigenvalue weighted by Crippen LogP contribution is -2.55. The van der Waals surface area contributed by atoms with E-state index in [-0.39, 0.29) is 23.9 Å². The van der Waals surface area contributed by atoms with Gasteiger partial charge in [-0.3, -0.25) is 4.79 Å². The third-order valence-electron chi connectivity index (χ3n) is 7.74. The van der Waals surface area contributed by atoms with Crippen molar-refractivity contribution in [1.82, 2.24) is 0 Å². The maximum Gasteiger partial charge on any atom is 0.309 e. The molecule has 0 aromatic rings. The van der Waals surface area contributed by atoms with E-state index in [0.717, 1.165) is 37.7 Å². The van der Waals surface area contributed by atoms with Crippen LogP contribution in [0.3, 0.4) is 0 Å². The van der Waals surface area contributed by atoms with Gasteiger partial charge < -0.3 is 20.1 Å². The summed E-state index contributed by atoms with van der Waals surface area (Å²) in [5.41, 5.74) is -0.999. The summed E-state index contributed by atoms with van der Waals surface area (Å²) in [5.74, 6) is -0.501. The molecule has 142 valence electrons. The molecule has 1 heterocycles. The van der Waals surface area contributed by atoms with Crippen molar-refractivity contribution < 1.29 is 24.9 Å². The van der Waals surface area contributed by atoms with Gasteiger partial charge in [0.05, 0.1) is 18.1 Å². The first-order chi connectivity index (χ1) is 11.5. The topological polar surface area (TPSA) is 87.0 Å². The maximum absolute atomic E-state index is 12.0. The first kappa shape index (κ1) is 18.9. The van der Waals surface area contributed by atoms with Gasteiger partial charge in [-0.15, -0.1) is 0 Å². The summed E-state index contributed by atoms with van der Waals surface area (Å²) in [5, 5.41) is 30.5. The lowest BCUT2D eigenvalue weighted by Gasteiger charge is -2.57. The Hall–Kier alpha value is -0.910. The average Bonchev–Trinajstić information content (AvgIpc) is 2.76. The Balaban J connectivity index is 1.90. The number of aliphatic hydroxyl groups is 2. The van der Waals surface area contributed by atoms with Crippen LogP contribution in [0.1, 0.15) is 59.3 Å². The number of aliphatic carboxylic acids is 1. The monoisotopic (exact) mass is 352 g/mol. The summed E-state index contributed by atoms with van der Waals surface area (Å²) < 4.78 is 5.70. The smallest absolute Gasteiger partial charge is 0.309 e. The molecule has 0 bridgehead atoms. The van der Waals surface area contributed by atoms with Crippen molar-refractivity contribution in [3.05, 3.63) is 12.2 Å². The average molecular weight is 352 g/mol. The molecule has 2 aliphatic carbocycles. The van der Waals surface area contributed by atoms with Crippen LogP contribution in [0.25, 0.3) is 0 Å². The molecule has 1 aliphatic heterocycles. The second kappa shape index (κ2) is 6.07. The minimum absolute atomic E-state index is 0.0954. The summed E-state index contributed by atoms with van der Waals surface area (Å²) in [6, 6.07) is 0. The molecule has 0 aromatic carbocycles. The van der Waals surface area contributed by atoms with E-state index < -0.39 is 29.2 Å². The van der Waals surface area contributed by atoms with E-state index in [1.165, 1.54) is 0 Å². The van der Waals surface area contributed by atoms with E-state index >= 15 is 0 Å². The summed E-state index contributed by atoms with van der Waals surface area (Å²) in [7, 11) is 0. The fraction of sp³-hybridized carbons (Fsp3) is 0.850. The number of fused-ring (bicyclic) bond motifs is 1. The number of hydrogen-bond acceptors (Lipinski definition) is 4. The minimum atomic E-state index is -1.27. The molecule has 2 saturated carbocycles. The fourth-order valence-corrected chi connectivity index (χ4v) is 5.92. The SMILES string of the molecule is C=C1CCC2[C@](C)(CCC[C@]2(C)C(=O)O)[C@H]1CC1OCC(O)C1(C)O. The molecule has 5 nitrogen and oxygen atoms in total. The Bertz CT molecular complexity index is 570. The van der Waals surface area contributed by atoms with Gasteiger partial charge in [0.1, 0.15) is 11.7 Å². The van der Waals surface area contributed by atoms with Crippen molar-refractivity contribution in [2.24, 2.45) is 22.7 Å². The Labute approximate surface area is 150 Å². The maximum atomic E-state index is 12.0. The third kappa shape index (κ3) is 2.75. The Morgan fingerprint density at radius 3 is 2.56 bits per heavy atom. The van der Waals surface area contributed by atoms with Crippen LogP contribution in [0.15, 0.2) is 12.2 Å². The highest BCUT2D eigenvalue weighted by atomic mass is 16.5.